The minimum absolute atomic E-state index is 0.0170. The third-order valence-corrected chi connectivity index (χ3v) is 6.70. The lowest BCUT2D eigenvalue weighted by Crippen LogP contribution is -2.43. The fourth-order valence-corrected chi connectivity index (χ4v) is 4.52. The molecule has 0 bridgehead atoms. The standard InChI is InChI=1S/C19H30N2O4S/c1-19(2,3)16-5-7-17(8-6-16)26(23,24)21-12-9-15(10-13-21)18(22)20-11-14-25-4/h5-8,15H,9-14H2,1-4H3,(H,20,22). The van der Waals surface area contributed by atoms with Crippen LogP contribution < -0.4 is 5.32 Å². The van der Waals surface area contributed by atoms with Gasteiger partial charge in [-0.2, -0.15) is 4.31 Å². The first kappa shape index (κ1) is 20.9. The van der Waals surface area contributed by atoms with Gasteiger partial charge in [0.1, 0.15) is 0 Å². The molecule has 0 saturated carbocycles. The van der Waals surface area contributed by atoms with Gasteiger partial charge in [-0.25, -0.2) is 8.42 Å². The number of nitrogens with zero attached hydrogens (tertiary/aromatic N) is 1. The summed E-state index contributed by atoms with van der Waals surface area (Å²) in [5.74, 6) is -0.157. The Morgan fingerprint density at radius 1 is 1.19 bits per heavy atom. The van der Waals surface area contributed by atoms with Crippen molar-refractivity contribution in [3.63, 3.8) is 0 Å². The molecule has 1 fully saturated rings. The average molecular weight is 383 g/mol. The molecule has 1 N–H and O–H groups in total. The maximum atomic E-state index is 12.8. The highest BCUT2D eigenvalue weighted by Crippen LogP contribution is 2.27. The first-order valence-corrected chi connectivity index (χ1v) is 10.5. The molecule has 1 aromatic carbocycles. The summed E-state index contributed by atoms with van der Waals surface area (Å²) >= 11 is 0. The van der Waals surface area contributed by atoms with E-state index < -0.39 is 10.0 Å². The van der Waals surface area contributed by atoms with Crippen molar-refractivity contribution in [1.29, 1.82) is 0 Å². The first-order valence-electron chi connectivity index (χ1n) is 9.03. The van der Waals surface area contributed by atoms with Crippen molar-refractivity contribution >= 4 is 15.9 Å². The number of carbonyl (C=O) groups is 1. The molecule has 1 aliphatic heterocycles. The van der Waals surface area contributed by atoms with E-state index in [1.807, 2.05) is 12.1 Å². The van der Waals surface area contributed by atoms with Crippen LogP contribution in [0, 0.1) is 5.92 Å². The van der Waals surface area contributed by atoms with Crippen LogP contribution in [0.2, 0.25) is 0 Å². The highest BCUT2D eigenvalue weighted by Gasteiger charge is 2.32. The van der Waals surface area contributed by atoms with E-state index in [-0.39, 0.29) is 17.2 Å². The van der Waals surface area contributed by atoms with Gasteiger partial charge in [0.15, 0.2) is 0 Å². The number of carbonyl (C=O) groups excluding carboxylic acids is 1. The summed E-state index contributed by atoms with van der Waals surface area (Å²) < 4.78 is 32.1. The van der Waals surface area contributed by atoms with Crippen molar-refractivity contribution in [2.24, 2.45) is 5.92 Å². The topological polar surface area (TPSA) is 75.7 Å². The molecule has 26 heavy (non-hydrogen) atoms. The van der Waals surface area contributed by atoms with Crippen LogP contribution in [0.15, 0.2) is 29.2 Å². The molecule has 0 aromatic heterocycles. The second-order valence-electron chi connectivity index (χ2n) is 7.74. The number of rotatable bonds is 6. The molecule has 1 heterocycles. The van der Waals surface area contributed by atoms with E-state index in [4.69, 9.17) is 4.74 Å². The van der Waals surface area contributed by atoms with Gasteiger partial charge >= 0.3 is 0 Å². The van der Waals surface area contributed by atoms with Gasteiger partial charge in [0.05, 0.1) is 11.5 Å². The Hall–Kier alpha value is -1.44. The molecule has 0 radical (unpaired) electrons. The molecule has 2 rings (SSSR count). The molecular formula is C19H30N2O4S. The molecule has 6 nitrogen and oxygen atoms in total. The smallest absolute Gasteiger partial charge is 0.243 e. The van der Waals surface area contributed by atoms with Crippen molar-refractivity contribution in [1.82, 2.24) is 9.62 Å². The molecule has 0 aliphatic carbocycles. The Morgan fingerprint density at radius 3 is 2.27 bits per heavy atom. The Balaban J connectivity index is 1.98. The highest BCUT2D eigenvalue weighted by molar-refractivity contribution is 7.89. The Kier molecular flexibility index (Phi) is 6.82. The summed E-state index contributed by atoms with van der Waals surface area (Å²) in [6.07, 6.45) is 1.08. The SMILES string of the molecule is COCCNC(=O)C1CCN(S(=O)(=O)c2ccc(C(C)(C)C)cc2)CC1. The van der Waals surface area contributed by atoms with E-state index in [1.54, 1.807) is 19.2 Å². The van der Waals surface area contributed by atoms with Gasteiger partial charge in [0, 0.05) is 32.7 Å². The average Bonchev–Trinajstić information content (AvgIpc) is 2.61. The van der Waals surface area contributed by atoms with Crippen molar-refractivity contribution in [3.05, 3.63) is 29.8 Å². The predicted octanol–water partition coefficient (Wildman–Crippen LogP) is 2.15. The lowest BCUT2D eigenvalue weighted by atomic mass is 9.87. The van der Waals surface area contributed by atoms with Gasteiger partial charge in [-0.3, -0.25) is 4.79 Å². The molecular weight excluding hydrogens is 352 g/mol. The van der Waals surface area contributed by atoms with Gasteiger partial charge in [0.2, 0.25) is 15.9 Å². The van der Waals surface area contributed by atoms with Crippen LogP contribution >= 0.6 is 0 Å². The number of methoxy groups -OCH3 is 1. The molecule has 146 valence electrons. The van der Waals surface area contributed by atoms with Gasteiger partial charge in [-0.15, -0.1) is 0 Å². The predicted molar refractivity (Wildman–Crippen MR) is 102 cm³/mol. The zero-order valence-corrected chi connectivity index (χ0v) is 16.9. The first-order chi connectivity index (χ1) is 12.2. The van der Waals surface area contributed by atoms with E-state index in [2.05, 4.69) is 26.1 Å². The number of hydrogen-bond acceptors (Lipinski definition) is 4. The maximum Gasteiger partial charge on any atom is 0.243 e. The van der Waals surface area contributed by atoms with E-state index in [0.717, 1.165) is 5.56 Å². The molecule has 1 amide bonds. The van der Waals surface area contributed by atoms with E-state index in [0.29, 0.717) is 44.0 Å². The van der Waals surface area contributed by atoms with Crippen LogP contribution in [0.5, 0.6) is 0 Å². The second-order valence-corrected chi connectivity index (χ2v) is 9.67. The number of amides is 1. The fourth-order valence-electron chi connectivity index (χ4n) is 3.05. The molecule has 1 aromatic rings. The van der Waals surface area contributed by atoms with E-state index >= 15 is 0 Å². The minimum atomic E-state index is -3.51. The second kappa shape index (κ2) is 8.50. The largest absolute Gasteiger partial charge is 0.383 e. The fraction of sp³-hybridized carbons (Fsp3) is 0.632. The lowest BCUT2D eigenvalue weighted by molar-refractivity contribution is -0.126. The van der Waals surface area contributed by atoms with Crippen LogP contribution in [0.3, 0.4) is 0 Å². The highest BCUT2D eigenvalue weighted by atomic mass is 32.2. The summed E-state index contributed by atoms with van der Waals surface area (Å²) in [4.78, 5) is 12.4. The quantitative estimate of drug-likeness (QED) is 0.765. The Labute approximate surface area is 157 Å². The lowest BCUT2D eigenvalue weighted by Gasteiger charge is -2.30. The monoisotopic (exact) mass is 382 g/mol. The molecule has 1 aliphatic rings. The molecule has 0 unspecified atom stereocenters. The van der Waals surface area contributed by atoms with E-state index in [1.165, 1.54) is 4.31 Å². The van der Waals surface area contributed by atoms with Gasteiger partial charge in [0.25, 0.3) is 0 Å². The van der Waals surface area contributed by atoms with Gasteiger partial charge in [-0.05, 0) is 36.0 Å². The van der Waals surface area contributed by atoms with Crippen LogP contribution in [-0.4, -0.2) is 52.0 Å². The van der Waals surface area contributed by atoms with E-state index in [9.17, 15) is 13.2 Å². The van der Waals surface area contributed by atoms with Crippen LogP contribution in [0.25, 0.3) is 0 Å². The van der Waals surface area contributed by atoms with Gasteiger partial charge < -0.3 is 10.1 Å². The number of hydrogen-bond donors (Lipinski definition) is 1. The maximum absolute atomic E-state index is 12.8. The molecule has 1 saturated heterocycles. The number of piperidine rings is 1. The number of nitrogens with one attached hydrogen (secondary N) is 1. The number of sulfonamides is 1. The third kappa shape index (κ3) is 5.05. The van der Waals surface area contributed by atoms with Crippen molar-refractivity contribution in [2.45, 2.75) is 43.9 Å². The van der Waals surface area contributed by atoms with Gasteiger partial charge in [-0.1, -0.05) is 32.9 Å². The Morgan fingerprint density at radius 2 is 1.77 bits per heavy atom. The zero-order valence-electron chi connectivity index (χ0n) is 16.1. The van der Waals surface area contributed by atoms with Crippen molar-refractivity contribution in [2.75, 3.05) is 33.4 Å². The Bertz CT molecular complexity index is 700. The van der Waals surface area contributed by atoms with Crippen LogP contribution in [-0.2, 0) is 25.0 Å². The number of ether oxygens (including phenoxy) is 1. The zero-order chi connectivity index (χ0) is 19.4. The summed E-state index contributed by atoms with van der Waals surface area (Å²) in [5, 5.41) is 2.83. The summed E-state index contributed by atoms with van der Waals surface area (Å²) in [6.45, 7) is 7.98. The van der Waals surface area contributed by atoms with Crippen molar-refractivity contribution in [3.8, 4) is 0 Å². The number of benzene rings is 1. The molecule has 0 spiro atoms. The summed E-state index contributed by atoms with van der Waals surface area (Å²) in [6, 6.07) is 7.12. The van der Waals surface area contributed by atoms with Crippen LogP contribution in [0.1, 0.15) is 39.2 Å². The van der Waals surface area contributed by atoms with Crippen molar-refractivity contribution < 1.29 is 17.9 Å². The third-order valence-electron chi connectivity index (χ3n) is 4.79. The normalized spacial score (nSPS) is 17.2. The minimum Gasteiger partial charge on any atom is -0.383 e. The van der Waals surface area contributed by atoms with Crippen LogP contribution in [0.4, 0.5) is 0 Å². The summed E-state index contributed by atoms with van der Waals surface area (Å²) in [5.41, 5.74) is 1.08. The molecule has 0 atom stereocenters. The summed E-state index contributed by atoms with van der Waals surface area (Å²) in [7, 11) is -1.93. The molecule has 7 heteroatoms.